The predicted molar refractivity (Wildman–Crippen MR) is 86.7 cm³/mol. The number of nitrogens with one attached hydrogen (secondary N) is 1. The predicted octanol–water partition coefficient (Wildman–Crippen LogP) is 4.21. The second-order valence-corrected chi connectivity index (χ2v) is 6.51. The van der Waals surface area contributed by atoms with Gasteiger partial charge in [-0.3, -0.25) is 0 Å². The van der Waals surface area contributed by atoms with Gasteiger partial charge in [0.2, 0.25) is 0 Å². The molecular formula is C19H23NO. The van der Waals surface area contributed by atoms with E-state index in [0.717, 1.165) is 12.3 Å². The van der Waals surface area contributed by atoms with Crippen molar-refractivity contribution in [2.45, 2.75) is 38.8 Å². The lowest BCUT2D eigenvalue weighted by Crippen LogP contribution is -2.40. The molecule has 0 bridgehead atoms. The molecule has 0 spiro atoms. The Balaban J connectivity index is 1.81. The van der Waals surface area contributed by atoms with Crippen LogP contribution in [0.4, 0.5) is 0 Å². The lowest BCUT2D eigenvalue weighted by atomic mass is 9.77. The van der Waals surface area contributed by atoms with E-state index in [0.29, 0.717) is 12.6 Å². The van der Waals surface area contributed by atoms with Crippen molar-refractivity contribution in [3.8, 4) is 5.75 Å². The zero-order valence-corrected chi connectivity index (χ0v) is 13.0. The van der Waals surface area contributed by atoms with Crippen LogP contribution in [0.2, 0.25) is 0 Å². The highest BCUT2D eigenvalue weighted by atomic mass is 16.5. The maximum atomic E-state index is 5.95. The summed E-state index contributed by atoms with van der Waals surface area (Å²) in [4.78, 5) is 0. The molecule has 1 aliphatic rings. The standard InChI is InChI=1S/C19H23NO/c1-14-17-11-16(21-12-15-7-5-4-6-8-15)9-10-18(17)19(2,3)13-20-14/h4-11,14,20H,12-13H2,1-3H3. The topological polar surface area (TPSA) is 21.3 Å². The summed E-state index contributed by atoms with van der Waals surface area (Å²) < 4.78 is 5.95. The molecule has 21 heavy (non-hydrogen) atoms. The van der Waals surface area contributed by atoms with Gasteiger partial charge in [0.1, 0.15) is 12.4 Å². The van der Waals surface area contributed by atoms with Crippen LogP contribution >= 0.6 is 0 Å². The molecule has 0 aliphatic carbocycles. The molecule has 0 fully saturated rings. The Morgan fingerprint density at radius 3 is 2.67 bits per heavy atom. The Hall–Kier alpha value is -1.80. The van der Waals surface area contributed by atoms with Crippen molar-refractivity contribution in [1.82, 2.24) is 5.32 Å². The van der Waals surface area contributed by atoms with Crippen LogP contribution in [0.5, 0.6) is 5.75 Å². The van der Waals surface area contributed by atoms with Crippen molar-refractivity contribution in [1.29, 1.82) is 0 Å². The second kappa shape index (κ2) is 5.53. The normalized spacial score (nSPS) is 19.9. The van der Waals surface area contributed by atoms with Crippen molar-refractivity contribution >= 4 is 0 Å². The Morgan fingerprint density at radius 1 is 1.14 bits per heavy atom. The van der Waals surface area contributed by atoms with Crippen LogP contribution in [-0.2, 0) is 12.0 Å². The molecule has 2 aromatic rings. The third-order valence-electron chi connectivity index (χ3n) is 4.32. The van der Waals surface area contributed by atoms with E-state index in [-0.39, 0.29) is 5.41 Å². The van der Waals surface area contributed by atoms with Crippen molar-refractivity contribution in [2.24, 2.45) is 0 Å². The van der Waals surface area contributed by atoms with Crippen LogP contribution in [0, 0.1) is 0 Å². The number of benzene rings is 2. The fraction of sp³-hybridized carbons (Fsp3) is 0.368. The first kappa shape index (κ1) is 14.2. The van der Waals surface area contributed by atoms with Crippen LogP contribution in [0.25, 0.3) is 0 Å². The summed E-state index contributed by atoms with van der Waals surface area (Å²) in [5, 5.41) is 3.57. The third-order valence-corrected chi connectivity index (χ3v) is 4.32. The SMILES string of the molecule is CC1NCC(C)(C)c2ccc(OCc3ccccc3)cc21. The fourth-order valence-corrected chi connectivity index (χ4v) is 2.96. The maximum Gasteiger partial charge on any atom is 0.120 e. The van der Waals surface area contributed by atoms with Crippen LogP contribution in [-0.4, -0.2) is 6.54 Å². The highest BCUT2D eigenvalue weighted by Gasteiger charge is 2.30. The van der Waals surface area contributed by atoms with E-state index in [9.17, 15) is 0 Å². The molecule has 2 nitrogen and oxygen atoms in total. The van der Waals surface area contributed by atoms with E-state index in [1.54, 1.807) is 0 Å². The Bertz CT molecular complexity index is 619. The second-order valence-electron chi connectivity index (χ2n) is 6.51. The lowest BCUT2D eigenvalue weighted by Gasteiger charge is -2.37. The zero-order chi connectivity index (χ0) is 14.9. The van der Waals surface area contributed by atoms with Crippen molar-refractivity contribution in [3.05, 3.63) is 65.2 Å². The van der Waals surface area contributed by atoms with E-state index >= 15 is 0 Å². The monoisotopic (exact) mass is 281 g/mol. The summed E-state index contributed by atoms with van der Waals surface area (Å²) in [7, 11) is 0. The average Bonchev–Trinajstić information content (AvgIpc) is 2.50. The summed E-state index contributed by atoms with van der Waals surface area (Å²) in [6.45, 7) is 8.43. The molecule has 0 saturated carbocycles. The first-order valence-electron chi connectivity index (χ1n) is 7.61. The van der Waals surface area contributed by atoms with E-state index in [2.05, 4.69) is 56.4 Å². The van der Waals surface area contributed by atoms with Crippen LogP contribution in [0.1, 0.15) is 43.5 Å². The minimum absolute atomic E-state index is 0.180. The van der Waals surface area contributed by atoms with Gasteiger partial charge in [-0.1, -0.05) is 50.2 Å². The molecule has 1 unspecified atom stereocenters. The molecule has 110 valence electrons. The van der Waals surface area contributed by atoms with Gasteiger partial charge in [-0.2, -0.15) is 0 Å². The molecule has 0 radical (unpaired) electrons. The van der Waals surface area contributed by atoms with Crippen molar-refractivity contribution in [3.63, 3.8) is 0 Å². The molecule has 1 aliphatic heterocycles. The van der Waals surface area contributed by atoms with E-state index in [4.69, 9.17) is 4.74 Å². The summed E-state index contributed by atoms with van der Waals surface area (Å²) in [5.41, 5.74) is 4.17. The minimum Gasteiger partial charge on any atom is -0.489 e. The first-order chi connectivity index (χ1) is 10.1. The fourth-order valence-electron chi connectivity index (χ4n) is 2.96. The molecule has 2 heteroatoms. The van der Waals surface area contributed by atoms with E-state index in [1.165, 1.54) is 16.7 Å². The van der Waals surface area contributed by atoms with E-state index < -0.39 is 0 Å². The van der Waals surface area contributed by atoms with E-state index in [1.807, 2.05) is 18.2 Å². The van der Waals surface area contributed by atoms with Gasteiger partial charge < -0.3 is 10.1 Å². The Kier molecular flexibility index (Phi) is 3.73. The molecule has 1 heterocycles. The number of ether oxygens (including phenoxy) is 1. The van der Waals surface area contributed by atoms with Gasteiger partial charge in [-0.15, -0.1) is 0 Å². The van der Waals surface area contributed by atoms with Crippen molar-refractivity contribution < 1.29 is 4.74 Å². The Labute approximate surface area is 127 Å². The molecule has 0 saturated heterocycles. The lowest BCUT2D eigenvalue weighted by molar-refractivity contribution is 0.304. The molecule has 0 amide bonds. The van der Waals surface area contributed by atoms with Gasteiger partial charge in [-0.05, 0) is 35.7 Å². The Morgan fingerprint density at radius 2 is 1.90 bits per heavy atom. The molecule has 1 N–H and O–H groups in total. The molecule has 0 aromatic heterocycles. The number of hydrogen-bond acceptors (Lipinski definition) is 2. The molecule has 2 aromatic carbocycles. The first-order valence-corrected chi connectivity index (χ1v) is 7.61. The van der Waals surface area contributed by atoms with Gasteiger partial charge in [0.25, 0.3) is 0 Å². The number of fused-ring (bicyclic) bond motifs is 1. The quantitative estimate of drug-likeness (QED) is 0.910. The van der Waals surface area contributed by atoms with Gasteiger partial charge >= 0.3 is 0 Å². The van der Waals surface area contributed by atoms with Crippen LogP contribution in [0.15, 0.2) is 48.5 Å². The summed E-state index contributed by atoms with van der Waals surface area (Å²) in [5.74, 6) is 0.948. The van der Waals surface area contributed by atoms with Crippen LogP contribution in [0.3, 0.4) is 0 Å². The summed E-state index contributed by atoms with van der Waals surface area (Å²) in [6.07, 6.45) is 0. The average molecular weight is 281 g/mol. The highest BCUT2D eigenvalue weighted by Crippen LogP contribution is 2.36. The van der Waals surface area contributed by atoms with Crippen molar-refractivity contribution in [2.75, 3.05) is 6.54 Å². The highest BCUT2D eigenvalue weighted by molar-refractivity contribution is 5.43. The van der Waals surface area contributed by atoms with Gasteiger partial charge in [0.05, 0.1) is 0 Å². The number of rotatable bonds is 3. The summed E-state index contributed by atoms with van der Waals surface area (Å²) in [6, 6.07) is 17.2. The van der Waals surface area contributed by atoms with Crippen LogP contribution < -0.4 is 10.1 Å². The molecule has 3 rings (SSSR count). The van der Waals surface area contributed by atoms with Gasteiger partial charge in [-0.25, -0.2) is 0 Å². The van der Waals surface area contributed by atoms with Gasteiger partial charge in [0.15, 0.2) is 0 Å². The zero-order valence-electron chi connectivity index (χ0n) is 13.0. The number of hydrogen-bond donors (Lipinski definition) is 1. The van der Waals surface area contributed by atoms with Gasteiger partial charge in [0, 0.05) is 18.0 Å². The largest absolute Gasteiger partial charge is 0.489 e. The molecule has 1 atom stereocenters. The minimum atomic E-state index is 0.180. The summed E-state index contributed by atoms with van der Waals surface area (Å²) >= 11 is 0. The smallest absolute Gasteiger partial charge is 0.120 e. The maximum absolute atomic E-state index is 5.95. The third kappa shape index (κ3) is 2.96. The molecular weight excluding hydrogens is 258 g/mol.